The van der Waals surface area contributed by atoms with Gasteiger partial charge in [0.1, 0.15) is 11.5 Å². The number of benzene rings is 1. The van der Waals surface area contributed by atoms with Crippen LogP contribution in [0.15, 0.2) is 53.9 Å². The molecule has 6 nitrogen and oxygen atoms in total. The Morgan fingerprint density at radius 3 is 3.04 bits per heavy atom. The minimum Gasteiger partial charge on any atom is -0.382 e. The van der Waals surface area contributed by atoms with Crippen molar-refractivity contribution in [2.75, 3.05) is 5.32 Å². The lowest BCUT2D eigenvalue weighted by atomic mass is 10.0. The third kappa shape index (κ3) is 3.08. The van der Waals surface area contributed by atoms with Gasteiger partial charge < -0.3 is 14.6 Å². The lowest BCUT2D eigenvalue weighted by Crippen LogP contribution is -2.28. The summed E-state index contributed by atoms with van der Waals surface area (Å²) in [4.78, 5) is 21.9. The van der Waals surface area contributed by atoms with Gasteiger partial charge in [0.25, 0.3) is 5.91 Å². The molecule has 3 aromatic rings. The highest BCUT2D eigenvalue weighted by Crippen LogP contribution is 2.19. The Hall–Kier alpha value is -3.22. The second-order valence-electron chi connectivity index (χ2n) is 5.90. The number of aryl methyl sites for hydroxylation is 1. The van der Waals surface area contributed by atoms with Crippen LogP contribution in [0.2, 0.25) is 0 Å². The molecule has 0 unspecified atom stereocenters. The molecule has 1 N–H and O–H groups in total. The number of oxime groups is 1. The molecule has 1 amide bonds. The van der Waals surface area contributed by atoms with Crippen molar-refractivity contribution in [1.82, 2.24) is 9.38 Å². The third-order valence-electron chi connectivity index (χ3n) is 3.96. The zero-order valence-electron chi connectivity index (χ0n) is 13.4. The predicted molar refractivity (Wildman–Crippen MR) is 91.0 cm³/mol. The Morgan fingerprint density at radius 1 is 1.32 bits per heavy atom. The average Bonchev–Trinajstić information content (AvgIpc) is 3.20. The molecular weight excluding hydrogens is 323 g/mol. The molecule has 0 aliphatic carbocycles. The first-order chi connectivity index (χ1) is 12.1. The van der Waals surface area contributed by atoms with Crippen LogP contribution in [0, 0.1) is 12.7 Å². The fraction of sp³-hybridized carbons (Fsp3) is 0.167. The van der Waals surface area contributed by atoms with Gasteiger partial charge in [-0.05, 0) is 31.2 Å². The Morgan fingerprint density at radius 2 is 2.20 bits per heavy atom. The SMILES string of the molecule is Cc1cn2cc(NC(=O)[C@H]3CC(c4cccc(F)c4)=NO3)ccc2n1. The van der Waals surface area contributed by atoms with Crippen molar-refractivity contribution in [2.45, 2.75) is 19.4 Å². The zero-order valence-corrected chi connectivity index (χ0v) is 13.4. The van der Waals surface area contributed by atoms with Gasteiger partial charge in [0.2, 0.25) is 6.10 Å². The molecule has 126 valence electrons. The van der Waals surface area contributed by atoms with E-state index >= 15 is 0 Å². The second-order valence-corrected chi connectivity index (χ2v) is 5.90. The number of pyridine rings is 1. The summed E-state index contributed by atoms with van der Waals surface area (Å²) in [7, 11) is 0. The van der Waals surface area contributed by atoms with Crippen molar-refractivity contribution in [3.8, 4) is 0 Å². The fourth-order valence-corrected chi connectivity index (χ4v) is 2.77. The van der Waals surface area contributed by atoms with Crippen LogP contribution in [-0.2, 0) is 9.63 Å². The van der Waals surface area contributed by atoms with E-state index in [9.17, 15) is 9.18 Å². The minimum absolute atomic E-state index is 0.293. The Balaban J connectivity index is 1.45. The molecule has 7 heteroatoms. The van der Waals surface area contributed by atoms with Gasteiger partial charge in [-0.15, -0.1) is 0 Å². The van der Waals surface area contributed by atoms with E-state index in [4.69, 9.17) is 4.84 Å². The number of nitrogens with zero attached hydrogens (tertiary/aromatic N) is 3. The van der Waals surface area contributed by atoms with E-state index in [1.165, 1.54) is 12.1 Å². The molecule has 1 aromatic carbocycles. The predicted octanol–water partition coefficient (Wildman–Crippen LogP) is 2.91. The van der Waals surface area contributed by atoms with Gasteiger partial charge in [0, 0.05) is 24.4 Å². The van der Waals surface area contributed by atoms with Gasteiger partial charge in [0.05, 0.1) is 17.1 Å². The number of aromatic nitrogens is 2. The minimum atomic E-state index is -0.738. The largest absolute Gasteiger partial charge is 0.382 e. The molecule has 0 bridgehead atoms. The second kappa shape index (κ2) is 6.01. The number of nitrogens with one attached hydrogen (secondary N) is 1. The van der Waals surface area contributed by atoms with Crippen LogP contribution in [0.5, 0.6) is 0 Å². The van der Waals surface area contributed by atoms with Gasteiger partial charge in [-0.3, -0.25) is 4.79 Å². The number of rotatable bonds is 3. The molecule has 3 heterocycles. The number of halogens is 1. The van der Waals surface area contributed by atoms with E-state index in [-0.39, 0.29) is 11.7 Å². The lowest BCUT2D eigenvalue weighted by Gasteiger charge is -2.09. The summed E-state index contributed by atoms with van der Waals surface area (Å²) in [5.74, 6) is -0.650. The van der Waals surface area contributed by atoms with Gasteiger partial charge in [-0.25, -0.2) is 9.37 Å². The van der Waals surface area contributed by atoms with E-state index in [0.29, 0.717) is 23.4 Å². The molecule has 2 aromatic heterocycles. The summed E-state index contributed by atoms with van der Waals surface area (Å²) < 4.78 is 15.2. The molecule has 0 fully saturated rings. The number of hydrogen-bond donors (Lipinski definition) is 1. The number of carbonyl (C=O) groups is 1. The highest BCUT2D eigenvalue weighted by atomic mass is 19.1. The molecular formula is C18H15FN4O2. The highest BCUT2D eigenvalue weighted by Gasteiger charge is 2.29. The van der Waals surface area contributed by atoms with E-state index in [1.807, 2.05) is 23.6 Å². The summed E-state index contributed by atoms with van der Waals surface area (Å²) >= 11 is 0. The molecule has 0 radical (unpaired) electrons. The first-order valence-electron chi connectivity index (χ1n) is 7.83. The van der Waals surface area contributed by atoms with Gasteiger partial charge >= 0.3 is 0 Å². The van der Waals surface area contributed by atoms with Crippen molar-refractivity contribution in [3.63, 3.8) is 0 Å². The molecule has 1 aliphatic rings. The van der Waals surface area contributed by atoms with E-state index in [2.05, 4.69) is 15.5 Å². The van der Waals surface area contributed by atoms with Crippen LogP contribution >= 0.6 is 0 Å². The topological polar surface area (TPSA) is 68.0 Å². The number of imidazole rings is 1. The van der Waals surface area contributed by atoms with Crippen LogP contribution < -0.4 is 5.32 Å². The monoisotopic (exact) mass is 338 g/mol. The van der Waals surface area contributed by atoms with Gasteiger partial charge in [0.15, 0.2) is 0 Å². The normalized spacial score (nSPS) is 16.6. The van der Waals surface area contributed by atoms with E-state index in [1.54, 1.807) is 24.4 Å². The summed E-state index contributed by atoms with van der Waals surface area (Å²) in [5, 5.41) is 6.73. The quantitative estimate of drug-likeness (QED) is 0.798. The van der Waals surface area contributed by atoms with Crippen molar-refractivity contribution >= 4 is 23.0 Å². The summed E-state index contributed by atoms with van der Waals surface area (Å²) in [6.07, 6.45) is 3.22. The first-order valence-corrected chi connectivity index (χ1v) is 7.83. The smallest absolute Gasteiger partial charge is 0.268 e. The molecule has 1 atom stereocenters. The highest BCUT2D eigenvalue weighted by molar-refractivity contribution is 6.06. The van der Waals surface area contributed by atoms with E-state index in [0.717, 1.165) is 11.3 Å². The van der Waals surface area contributed by atoms with Crippen LogP contribution in [0.1, 0.15) is 17.7 Å². The number of hydrogen-bond acceptors (Lipinski definition) is 4. The lowest BCUT2D eigenvalue weighted by molar-refractivity contribution is -0.125. The van der Waals surface area contributed by atoms with Gasteiger partial charge in [-0.1, -0.05) is 17.3 Å². The van der Waals surface area contributed by atoms with Crippen molar-refractivity contribution < 1.29 is 14.0 Å². The van der Waals surface area contributed by atoms with Crippen LogP contribution in [0.4, 0.5) is 10.1 Å². The fourth-order valence-electron chi connectivity index (χ4n) is 2.77. The number of fused-ring (bicyclic) bond motifs is 1. The Labute approximate surface area is 142 Å². The average molecular weight is 338 g/mol. The van der Waals surface area contributed by atoms with E-state index < -0.39 is 6.10 Å². The maximum atomic E-state index is 13.3. The van der Waals surface area contributed by atoms with Crippen molar-refractivity contribution in [3.05, 3.63) is 65.9 Å². The summed E-state index contributed by atoms with van der Waals surface area (Å²) in [5.41, 5.74) is 3.52. The molecule has 0 saturated heterocycles. The van der Waals surface area contributed by atoms with Crippen LogP contribution in [0.25, 0.3) is 5.65 Å². The number of carbonyl (C=O) groups excluding carboxylic acids is 1. The standard InChI is InChI=1S/C18H15FN4O2/c1-11-9-23-10-14(5-6-17(23)20-11)21-18(24)16-8-15(22-25-16)12-3-2-4-13(19)7-12/h2-7,9-10,16H,8H2,1H3,(H,21,24)/t16-/m1/s1. The molecule has 1 aliphatic heterocycles. The number of amides is 1. The van der Waals surface area contributed by atoms with Crippen LogP contribution in [-0.4, -0.2) is 27.1 Å². The summed E-state index contributed by atoms with van der Waals surface area (Å²) in [6, 6.07) is 9.68. The van der Waals surface area contributed by atoms with Crippen molar-refractivity contribution in [2.24, 2.45) is 5.16 Å². The molecule has 25 heavy (non-hydrogen) atoms. The maximum Gasteiger partial charge on any atom is 0.268 e. The molecule has 0 spiro atoms. The molecule has 4 rings (SSSR count). The van der Waals surface area contributed by atoms with Gasteiger partial charge in [-0.2, -0.15) is 0 Å². The number of anilines is 1. The first kappa shape index (κ1) is 15.3. The maximum absolute atomic E-state index is 13.3. The molecule has 0 saturated carbocycles. The Bertz CT molecular complexity index is 996. The summed E-state index contributed by atoms with van der Waals surface area (Å²) in [6.45, 7) is 1.91. The third-order valence-corrected chi connectivity index (χ3v) is 3.96. The van der Waals surface area contributed by atoms with Crippen molar-refractivity contribution in [1.29, 1.82) is 0 Å². The Kier molecular flexibility index (Phi) is 3.68. The van der Waals surface area contributed by atoms with Crippen LogP contribution in [0.3, 0.4) is 0 Å². The zero-order chi connectivity index (χ0) is 17.4.